The first-order chi connectivity index (χ1) is 7.27. The van der Waals surface area contributed by atoms with Crippen molar-refractivity contribution in [1.82, 2.24) is 4.98 Å². The largest absolute Gasteiger partial charge is 0.478 e. The number of carboxylic acid groups (broad SMARTS) is 1. The van der Waals surface area contributed by atoms with E-state index in [2.05, 4.69) is 10.3 Å². The van der Waals surface area contributed by atoms with Gasteiger partial charge in [0.25, 0.3) is 0 Å². The van der Waals surface area contributed by atoms with E-state index in [1.807, 2.05) is 20.8 Å². The standard InChI is InChI=1S/C11H17N3O2/c1-11(2,3)7-5-6(10(15)16)8(12)9(13-4)14-7/h5H,12H2,1-4H3,(H,13,14)(H,15,16). The zero-order valence-electron chi connectivity index (χ0n) is 9.96. The van der Waals surface area contributed by atoms with Crippen LogP contribution in [0.2, 0.25) is 0 Å². The third-order valence-corrected chi connectivity index (χ3v) is 2.29. The van der Waals surface area contributed by atoms with Crippen molar-refractivity contribution in [1.29, 1.82) is 0 Å². The fraction of sp³-hybridized carbons (Fsp3) is 0.455. The topological polar surface area (TPSA) is 88.2 Å². The van der Waals surface area contributed by atoms with Gasteiger partial charge in [0.05, 0.1) is 11.3 Å². The molecular weight excluding hydrogens is 206 g/mol. The third kappa shape index (κ3) is 2.24. The quantitative estimate of drug-likeness (QED) is 0.710. The Kier molecular flexibility index (Phi) is 3.07. The van der Waals surface area contributed by atoms with Crippen molar-refractivity contribution in [3.8, 4) is 0 Å². The summed E-state index contributed by atoms with van der Waals surface area (Å²) in [6, 6.07) is 1.53. The molecule has 1 aromatic heterocycles. The lowest BCUT2D eigenvalue weighted by atomic mass is 9.90. The summed E-state index contributed by atoms with van der Waals surface area (Å²) in [6.45, 7) is 5.91. The minimum Gasteiger partial charge on any atom is -0.478 e. The molecule has 0 saturated heterocycles. The number of hydrogen-bond acceptors (Lipinski definition) is 4. The molecule has 5 nitrogen and oxygen atoms in total. The first-order valence-electron chi connectivity index (χ1n) is 4.99. The molecule has 1 rings (SSSR count). The van der Waals surface area contributed by atoms with Gasteiger partial charge in [0, 0.05) is 18.2 Å². The van der Waals surface area contributed by atoms with Crippen molar-refractivity contribution in [2.75, 3.05) is 18.1 Å². The molecule has 5 heteroatoms. The van der Waals surface area contributed by atoms with Gasteiger partial charge in [-0.25, -0.2) is 9.78 Å². The number of nitrogens with two attached hydrogens (primary N) is 1. The molecule has 0 amide bonds. The maximum atomic E-state index is 11.0. The number of carboxylic acids is 1. The summed E-state index contributed by atoms with van der Waals surface area (Å²) in [4.78, 5) is 15.3. The minimum absolute atomic E-state index is 0.0873. The Morgan fingerprint density at radius 2 is 2.06 bits per heavy atom. The summed E-state index contributed by atoms with van der Waals surface area (Å²) in [5.74, 6) is -0.633. The monoisotopic (exact) mass is 223 g/mol. The Morgan fingerprint density at radius 3 is 2.44 bits per heavy atom. The highest BCUT2D eigenvalue weighted by Crippen LogP contribution is 2.28. The zero-order chi connectivity index (χ0) is 12.5. The van der Waals surface area contributed by atoms with E-state index in [1.54, 1.807) is 7.05 Å². The van der Waals surface area contributed by atoms with Gasteiger partial charge in [-0.05, 0) is 6.07 Å². The van der Waals surface area contributed by atoms with Crippen molar-refractivity contribution in [2.24, 2.45) is 0 Å². The number of nitrogens with one attached hydrogen (secondary N) is 1. The van der Waals surface area contributed by atoms with E-state index < -0.39 is 5.97 Å². The fourth-order valence-electron chi connectivity index (χ4n) is 1.31. The van der Waals surface area contributed by atoms with E-state index in [0.29, 0.717) is 11.5 Å². The predicted octanol–water partition coefficient (Wildman–Crippen LogP) is 1.70. The van der Waals surface area contributed by atoms with Gasteiger partial charge in [-0.15, -0.1) is 0 Å². The number of anilines is 2. The van der Waals surface area contributed by atoms with Gasteiger partial charge in [-0.3, -0.25) is 0 Å². The van der Waals surface area contributed by atoms with Crippen LogP contribution in [-0.4, -0.2) is 23.1 Å². The van der Waals surface area contributed by atoms with Gasteiger partial charge >= 0.3 is 5.97 Å². The summed E-state index contributed by atoms with van der Waals surface area (Å²) in [6.07, 6.45) is 0. The van der Waals surface area contributed by atoms with Crippen molar-refractivity contribution in [3.63, 3.8) is 0 Å². The molecule has 0 unspecified atom stereocenters. The first kappa shape index (κ1) is 12.3. The van der Waals surface area contributed by atoms with Gasteiger partial charge < -0.3 is 16.2 Å². The second kappa shape index (κ2) is 4.00. The summed E-state index contributed by atoms with van der Waals surface area (Å²) in [5, 5.41) is 11.8. The van der Waals surface area contributed by atoms with E-state index in [4.69, 9.17) is 10.8 Å². The molecule has 0 fully saturated rings. The van der Waals surface area contributed by atoms with Crippen LogP contribution in [0.5, 0.6) is 0 Å². The van der Waals surface area contributed by atoms with Gasteiger partial charge in [0.1, 0.15) is 5.82 Å². The molecule has 0 bridgehead atoms. The van der Waals surface area contributed by atoms with Crippen LogP contribution in [0.4, 0.5) is 11.5 Å². The summed E-state index contributed by atoms with van der Waals surface area (Å²) in [5.41, 5.74) is 6.44. The normalized spacial score (nSPS) is 11.2. The van der Waals surface area contributed by atoms with Gasteiger partial charge in [0.15, 0.2) is 0 Å². The molecule has 1 heterocycles. The Bertz CT molecular complexity index is 422. The van der Waals surface area contributed by atoms with Crippen LogP contribution in [-0.2, 0) is 5.41 Å². The molecule has 16 heavy (non-hydrogen) atoms. The number of carbonyl (C=O) groups is 1. The van der Waals surface area contributed by atoms with Gasteiger partial charge in [-0.1, -0.05) is 20.8 Å². The number of rotatable bonds is 2. The van der Waals surface area contributed by atoms with Crippen LogP contribution in [0.25, 0.3) is 0 Å². The van der Waals surface area contributed by atoms with Crippen molar-refractivity contribution in [2.45, 2.75) is 26.2 Å². The average Bonchev–Trinajstić information content (AvgIpc) is 2.15. The molecule has 4 N–H and O–H groups in total. The van der Waals surface area contributed by atoms with E-state index in [1.165, 1.54) is 6.07 Å². The second-order valence-electron chi connectivity index (χ2n) is 4.62. The van der Waals surface area contributed by atoms with Gasteiger partial charge in [-0.2, -0.15) is 0 Å². The number of nitrogens with zero attached hydrogens (tertiary/aromatic N) is 1. The van der Waals surface area contributed by atoms with E-state index in [0.717, 1.165) is 0 Å². The second-order valence-corrected chi connectivity index (χ2v) is 4.62. The highest BCUT2D eigenvalue weighted by molar-refractivity contribution is 5.96. The molecule has 0 saturated carbocycles. The number of hydrogen-bond donors (Lipinski definition) is 3. The number of pyridine rings is 1. The lowest BCUT2D eigenvalue weighted by Gasteiger charge is -2.20. The van der Waals surface area contributed by atoms with E-state index in [9.17, 15) is 4.79 Å². The molecule has 0 aliphatic rings. The SMILES string of the molecule is CNc1nc(C(C)(C)C)cc(C(=O)O)c1N. The van der Waals surface area contributed by atoms with Crippen molar-refractivity contribution in [3.05, 3.63) is 17.3 Å². The smallest absolute Gasteiger partial charge is 0.338 e. The maximum absolute atomic E-state index is 11.0. The summed E-state index contributed by atoms with van der Waals surface area (Å²) in [7, 11) is 1.66. The molecule has 0 aromatic carbocycles. The van der Waals surface area contributed by atoms with Crippen LogP contribution < -0.4 is 11.1 Å². The molecule has 1 aromatic rings. The molecule has 0 aliphatic heterocycles. The van der Waals surface area contributed by atoms with Gasteiger partial charge in [0.2, 0.25) is 0 Å². The average molecular weight is 223 g/mol. The Hall–Kier alpha value is -1.78. The molecular formula is C11H17N3O2. The molecule has 0 aliphatic carbocycles. The predicted molar refractivity (Wildman–Crippen MR) is 63.9 cm³/mol. The van der Waals surface area contributed by atoms with Crippen LogP contribution >= 0.6 is 0 Å². The Balaban J connectivity index is 3.46. The minimum atomic E-state index is -1.04. The Labute approximate surface area is 94.7 Å². The molecule has 0 spiro atoms. The van der Waals surface area contributed by atoms with E-state index >= 15 is 0 Å². The zero-order valence-corrected chi connectivity index (χ0v) is 9.96. The highest BCUT2D eigenvalue weighted by Gasteiger charge is 2.21. The highest BCUT2D eigenvalue weighted by atomic mass is 16.4. The number of nitrogen functional groups attached to an aromatic ring is 1. The number of aromatic carboxylic acids is 1. The third-order valence-electron chi connectivity index (χ3n) is 2.29. The van der Waals surface area contributed by atoms with Crippen molar-refractivity contribution < 1.29 is 9.90 Å². The summed E-state index contributed by atoms with van der Waals surface area (Å²) < 4.78 is 0. The first-order valence-corrected chi connectivity index (χ1v) is 4.99. The van der Waals surface area contributed by atoms with Crippen LogP contribution in [0.1, 0.15) is 36.8 Å². The summed E-state index contributed by atoms with van der Waals surface area (Å²) >= 11 is 0. The number of aromatic nitrogens is 1. The molecule has 0 atom stereocenters. The lowest BCUT2D eigenvalue weighted by Crippen LogP contribution is -2.17. The van der Waals surface area contributed by atoms with Crippen molar-refractivity contribution >= 4 is 17.5 Å². The van der Waals surface area contributed by atoms with E-state index in [-0.39, 0.29) is 16.7 Å². The molecule has 88 valence electrons. The Morgan fingerprint density at radius 1 is 1.50 bits per heavy atom. The molecule has 0 radical (unpaired) electrons. The van der Waals surface area contributed by atoms with Crippen LogP contribution in [0.15, 0.2) is 6.07 Å². The fourth-order valence-corrected chi connectivity index (χ4v) is 1.31. The lowest BCUT2D eigenvalue weighted by molar-refractivity contribution is 0.0698. The maximum Gasteiger partial charge on any atom is 0.338 e. The van der Waals surface area contributed by atoms with Crippen LogP contribution in [0, 0.1) is 0 Å². The van der Waals surface area contributed by atoms with Crippen LogP contribution in [0.3, 0.4) is 0 Å².